The number of nitrogens with two attached hydrogens (primary N) is 1. The van der Waals surface area contributed by atoms with E-state index in [0.717, 1.165) is 52.6 Å². The summed E-state index contributed by atoms with van der Waals surface area (Å²) in [5.41, 5.74) is 10.8. The monoisotopic (exact) mass is 431 g/mol. The zero-order valence-corrected chi connectivity index (χ0v) is 17.9. The van der Waals surface area contributed by atoms with Crippen LogP contribution in [-0.2, 0) is 24.3 Å². The molecule has 0 spiro atoms. The predicted octanol–water partition coefficient (Wildman–Crippen LogP) is 2.53. The lowest BCUT2D eigenvalue weighted by Gasteiger charge is -2.28. The van der Waals surface area contributed by atoms with Gasteiger partial charge in [0.05, 0.1) is 29.1 Å². The fraction of sp³-hybridized carbons (Fsp3) is 0.261. The first kappa shape index (κ1) is 19.9. The van der Waals surface area contributed by atoms with Crippen LogP contribution in [0.15, 0.2) is 42.9 Å². The van der Waals surface area contributed by atoms with Crippen LogP contribution >= 0.6 is 0 Å². The smallest absolute Gasteiger partial charge is 0.267 e. The summed E-state index contributed by atoms with van der Waals surface area (Å²) >= 11 is 0. The molecule has 2 N–H and O–H groups in total. The summed E-state index contributed by atoms with van der Waals surface area (Å²) in [6.07, 6.45) is 4.19. The van der Waals surface area contributed by atoms with Crippen molar-refractivity contribution in [2.24, 2.45) is 5.73 Å². The van der Waals surface area contributed by atoms with Crippen molar-refractivity contribution in [1.82, 2.24) is 28.8 Å². The SMILES string of the molecule is CCc1nc(-c2cccc3c(-c4ccc(C(N)=O)nc4)ncn23)c2n1CCN(C(C)=O)C2.[HH]. The van der Waals surface area contributed by atoms with E-state index in [1.165, 1.54) is 0 Å². The highest BCUT2D eigenvalue weighted by Crippen LogP contribution is 2.31. The maximum absolute atomic E-state index is 12.0. The van der Waals surface area contributed by atoms with Crippen molar-refractivity contribution in [3.8, 4) is 22.6 Å². The van der Waals surface area contributed by atoms with Gasteiger partial charge in [-0.05, 0) is 24.3 Å². The van der Waals surface area contributed by atoms with Gasteiger partial charge in [-0.3, -0.25) is 19.0 Å². The number of imidazole rings is 2. The van der Waals surface area contributed by atoms with E-state index in [2.05, 4.69) is 21.5 Å². The summed E-state index contributed by atoms with van der Waals surface area (Å²) in [4.78, 5) is 38.9. The van der Waals surface area contributed by atoms with E-state index in [-0.39, 0.29) is 13.0 Å². The summed E-state index contributed by atoms with van der Waals surface area (Å²) in [5, 5.41) is 0. The van der Waals surface area contributed by atoms with Crippen LogP contribution in [0, 0.1) is 0 Å². The first-order valence-electron chi connectivity index (χ1n) is 10.5. The second-order valence-electron chi connectivity index (χ2n) is 7.82. The van der Waals surface area contributed by atoms with Crippen LogP contribution in [0.2, 0.25) is 0 Å². The normalized spacial score (nSPS) is 13.4. The van der Waals surface area contributed by atoms with Gasteiger partial charge in [-0.2, -0.15) is 0 Å². The summed E-state index contributed by atoms with van der Waals surface area (Å²) in [5.74, 6) is 0.516. The zero-order chi connectivity index (χ0) is 22.4. The van der Waals surface area contributed by atoms with E-state index >= 15 is 0 Å². The molecule has 0 aliphatic carbocycles. The molecule has 0 fully saturated rings. The Hall–Kier alpha value is -4.01. The lowest BCUT2D eigenvalue weighted by Crippen LogP contribution is -2.37. The van der Waals surface area contributed by atoms with E-state index in [1.54, 1.807) is 31.6 Å². The van der Waals surface area contributed by atoms with Gasteiger partial charge in [0.1, 0.15) is 23.5 Å². The highest BCUT2D eigenvalue weighted by atomic mass is 16.2. The van der Waals surface area contributed by atoms with Gasteiger partial charge < -0.3 is 15.2 Å². The maximum atomic E-state index is 12.0. The molecular weight excluding hydrogens is 406 g/mol. The molecule has 4 aromatic heterocycles. The quantitative estimate of drug-likeness (QED) is 0.534. The Labute approximate surface area is 186 Å². The highest BCUT2D eigenvalue weighted by Gasteiger charge is 2.26. The fourth-order valence-electron chi connectivity index (χ4n) is 4.30. The fourth-order valence-corrected chi connectivity index (χ4v) is 4.30. The van der Waals surface area contributed by atoms with E-state index in [4.69, 9.17) is 10.7 Å². The number of pyridine rings is 2. The van der Waals surface area contributed by atoms with Gasteiger partial charge in [-0.25, -0.2) is 9.97 Å². The Kier molecular flexibility index (Phi) is 4.73. The Morgan fingerprint density at radius 1 is 1.12 bits per heavy atom. The third-order valence-electron chi connectivity index (χ3n) is 5.95. The maximum Gasteiger partial charge on any atom is 0.267 e. The molecule has 164 valence electrons. The second kappa shape index (κ2) is 7.60. The van der Waals surface area contributed by atoms with Crippen molar-refractivity contribution in [2.75, 3.05) is 6.54 Å². The lowest BCUT2D eigenvalue weighted by atomic mass is 10.1. The van der Waals surface area contributed by atoms with Crippen LogP contribution in [0.1, 0.15) is 37.3 Å². The summed E-state index contributed by atoms with van der Waals surface area (Å²) in [6, 6.07) is 9.37. The van der Waals surface area contributed by atoms with Crippen LogP contribution < -0.4 is 5.73 Å². The number of primary amides is 1. The van der Waals surface area contributed by atoms with Crippen LogP contribution in [0.3, 0.4) is 0 Å². The second-order valence-corrected chi connectivity index (χ2v) is 7.82. The largest absolute Gasteiger partial charge is 0.364 e. The van der Waals surface area contributed by atoms with Crippen molar-refractivity contribution in [3.63, 3.8) is 0 Å². The molecule has 5 heterocycles. The van der Waals surface area contributed by atoms with E-state index in [1.807, 2.05) is 27.5 Å². The molecule has 9 heteroatoms. The zero-order valence-electron chi connectivity index (χ0n) is 17.9. The van der Waals surface area contributed by atoms with Gasteiger partial charge in [0, 0.05) is 39.6 Å². The van der Waals surface area contributed by atoms with Gasteiger partial charge in [0.2, 0.25) is 5.91 Å². The van der Waals surface area contributed by atoms with Crippen LogP contribution in [-0.4, -0.2) is 47.2 Å². The molecule has 32 heavy (non-hydrogen) atoms. The van der Waals surface area contributed by atoms with Crippen molar-refractivity contribution in [3.05, 3.63) is 60.1 Å². The molecule has 2 amide bonds. The first-order valence-corrected chi connectivity index (χ1v) is 10.5. The van der Waals surface area contributed by atoms with Gasteiger partial charge in [0.25, 0.3) is 5.91 Å². The number of aryl methyl sites for hydroxylation is 1. The molecule has 0 atom stereocenters. The predicted molar refractivity (Wildman–Crippen MR) is 121 cm³/mol. The average molecular weight is 432 g/mol. The number of amides is 2. The number of aromatic nitrogens is 5. The van der Waals surface area contributed by atoms with Crippen molar-refractivity contribution >= 4 is 17.3 Å². The Morgan fingerprint density at radius 2 is 1.97 bits per heavy atom. The van der Waals surface area contributed by atoms with Gasteiger partial charge >= 0.3 is 0 Å². The van der Waals surface area contributed by atoms with E-state index in [9.17, 15) is 9.59 Å². The number of fused-ring (bicyclic) bond motifs is 2. The highest BCUT2D eigenvalue weighted by molar-refractivity contribution is 5.91. The molecule has 0 unspecified atom stereocenters. The molecule has 9 nitrogen and oxygen atoms in total. The number of carbonyl (C=O) groups excluding carboxylic acids is 2. The minimum absolute atomic E-state index is 0. The molecule has 0 radical (unpaired) electrons. The Balaban J connectivity index is 0.00000259. The van der Waals surface area contributed by atoms with Crippen molar-refractivity contribution in [1.29, 1.82) is 0 Å². The minimum atomic E-state index is -0.565. The minimum Gasteiger partial charge on any atom is -0.364 e. The third kappa shape index (κ3) is 3.13. The number of hydrogen-bond acceptors (Lipinski definition) is 5. The van der Waals surface area contributed by atoms with E-state index in [0.29, 0.717) is 13.1 Å². The molecule has 0 saturated carbocycles. The van der Waals surface area contributed by atoms with Gasteiger partial charge in [-0.15, -0.1) is 0 Å². The third-order valence-corrected chi connectivity index (χ3v) is 5.95. The van der Waals surface area contributed by atoms with Gasteiger partial charge in [-0.1, -0.05) is 13.0 Å². The van der Waals surface area contributed by atoms with Crippen molar-refractivity contribution in [2.45, 2.75) is 33.4 Å². The molecule has 0 bridgehead atoms. The molecule has 1 aliphatic heterocycles. The van der Waals surface area contributed by atoms with E-state index < -0.39 is 5.91 Å². The van der Waals surface area contributed by atoms with Crippen LogP contribution in [0.5, 0.6) is 0 Å². The van der Waals surface area contributed by atoms with Crippen LogP contribution in [0.25, 0.3) is 28.2 Å². The lowest BCUT2D eigenvalue weighted by molar-refractivity contribution is -0.130. The summed E-state index contributed by atoms with van der Waals surface area (Å²) in [6.45, 7) is 5.67. The first-order chi connectivity index (χ1) is 15.5. The molecule has 4 aromatic rings. The topological polar surface area (TPSA) is 111 Å². The number of carbonyl (C=O) groups is 2. The number of hydrogen-bond donors (Lipinski definition) is 1. The molecule has 0 aromatic carbocycles. The standard InChI is InChI=1S/C23H23N7O2.H2/c1-3-20-27-22(19-12-28(14(2)31)9-10-29(19)20)18-6-4-5-17-21(26-13-30(17)18)15-7-8-16(23(24)32)25-11-15;/h4-8,11,13H,3,9-10,12H2,1-2H3,(H2,24,32);1H. The Bertz CT molecular complexity index is 1360. The number of nitrogens with zero attached hydrogens (tertiary/aromatic N) is 6. The average Bonchev–Trinajstić information content (AvgIpc) is 3.40. The van der Waals surface area contributed by atoms with Gasteiger partial charge in [0.15, 0.2) is 0 Å². The molecule has 0 saturated heterocycles. The van der Waals surface area contributed by atoms with Crippen molar-refractivity contribution < 1.29 is 11.0 Å². The molecule has 5 rings (SSSR count). The Morgan fingerprint density at radius 3 is 2.66 bits per heavy atom. The van der Waals surface area contributed by atoms with Crippen LogP contribution in [0.4, 0.5) is 0 Å². The number of rotatable bonds is 4. The molecule has 1 aliphatic rings. The molecular formula is C23H25N7O2. The summed E-state index contributed by atoms with van der Waals surface area (Å²) < 4.78 is 4.24. The summed E-state index contributed by atoms with van der Waals surface area (Å²) in [7, 11) is 0.